The number of ether oxygens (including phenoxy) is 2. The Hall–Kier alpha value is -3.35. The van der Waals surface area contributed by atoms with Crippen LogP contribution in [0.3, 0.4) is 0 Å². The maximum Gasteiger partial charge on any atom is 0.226 e. The lowest BCUT2D eigenvalue weighted by molar-refractivity contribution is -0.116. The van der Waals surface area contributed by atoms with Crippen LogP contribution in [0.25, 0.3) is 10.9 Å². The van der Waals surface area contributed by atoms with Gasteiger partial charge in [-0.3, -0.25) is 14.3 Å². The molecule has 0 saturated carbocycles. The van der Waals surface area contributed by atoms with Crippen LogP contribution in [0, 0.1) is 0 Å². The summed E-state index contributed by atoms with van der Waals surface area (Å²) >= 11 is 0. The summed E-state index contributed by atoms with van der Waals surface area (Å²) in [5.74, 6) is 1.16. The van der Waals surface area contributed by atoms with E-state index < -0.39 is 0 Å². The van der Waals surface area contributed by atoms with Gasteiger partial charge in [0.15, 0.2) is 11.5 Å². The molecule has 2 aromatic carbocycles. The Labute approximate surface area is 149 Å². The highest BCUT2D eigenvalue weighted by molar-refractivity contribution is 5.91. The number of hydrogen-bond acceptors (Lipinski definition) is 5. The number of aryl methyl sites for hydroxylation is 1. The standard InChI is InChI=1S/C19H17N3O4/c23-16-12-20-22(15-4-2-1-3-14(15)16)8-7-19(24)21-13-5-6-17-18(11-13)26-10-9-25-17/h1-6,11-12H,7-10H2,(H,21,24). The van der Waals surface area contributed by atoms with Crippen molar-refractivity contribution in [2.75, 3.05) is 18.5 Å². The van der Waals surface area contributed by atoms with E-state index in [2.05, 4.69) is 10.4 Å². The Kier molecular flexibility index (Phi) is 4.27. The lowest BCUT2D eigenvalue weighted by atomic mass is 10.2. The summed E-state index contributed by atoms with van der Waals surface area (Å²) in [7, 11) is 0. The number of carbonyl (C=O) groups is 1. The molecule has 4 rings (SSSR count). The van der Waals surface area contributed by atoms with Crippen LogP contribution in [0.5, 0.6) is 11.5 Å². The number of carbonyl (C=O) groups excluding carboxylic acids is 1. The number of amides is 1. The number of benzene rings is 2. The number of anilines is 1. The minimum atomic E-state index is -0.147. The van der Waals surface area contributed by atoms with Crippen molar-refractivity contribution >= 4 is 22.5 Å². The maximum atomic E-state index is 12.3. The van der Waals surface area contributed by atoms with Crippen molar-refractivity contribution < 1.29 is 14.3 Å². The van der Waals surface area contributed by atoms with E-state index in [0.29, 0.717) is 47.8 Å². The van der Waals surface area contributed by atoms with E-state index in [1.165, 1.54) is 6.20 Å². The van der Waals surface area contributed by atoms with E-state index >= 15 is 0 Å². The van der Waals surface area contributed by atoms with Gasteiger partial charge in [0.1, 0.15) is 13.2 Å². The molecule has 26 heavy (non-hydrogen) atoms. The lowest BCUT2D eigenvalue weighted by Crippen LogP contribution is -2.18. The SMILES string of the molecule is O=C(CCn1ncc(=O)c2ccccc21)Nc1ccc2c(c1)OCCO2. The van der Waals surface area contributed by atoms with E-state index in [9.17, 15) is 9.59 Å². The molecule has 0 unspecified atom stereocenters. The maximum absolute atomic E-state index is 12.3. The smallest absolute Gasteiger partial charge is 0.226 e. The molecule has 1 N–H and O–H groups in total. The first-order chi connectivity index (χ1) is 12.7. The first-order valence-corrected chi connectivity index (χ1v) is 8.35. The van der Waals surface area contributed by atoms with Crippen molar-refractivity contribution in [3.63, 3.8) is 0 Å². The minimum absolute atomic E-state index is 0.127. The van der Waals surface area contributed by atoms with Gasteiger partial charge in [-0.25, -0.2) is 0 Å². The Bertz CT molecular complexity index is 1030. The Morgan fingerprint density at radius 1 is 1.12 bits per heavy atom. The van der Waals surface area contributed by atoms with Crippen LogP contribution >= 0.6 is 0 Å². The van der Waals surface area contributed by atoms with Crippen molar-refractivity contribution in [2.45, 2.75) is 13.0 Å². The summed E-state index contributed by atoms with van der Waals surface area (Å²) in [4.78, 5) is 24.1. The molecule has 0 atom stereocenters. The van der Waals surface area contributed by atoms with Gasteiger partial charge in [0.2, 0.25) is 11.3 Å². The van der Waals surface area contributed by atoms with Crippen LogP contribution in [0.4, 0.5) is 5.69 Å². The molecule has 7 nitrogen and oxygen atoms in total. The second-order valence-corrected chi connectivity index (χ2v) is 5.91. The average Bonchev–Trinajstić information content (AvgIpc) is 2.68. The zero-order valence-corrected chi connectivity index (χ0v) is 14.0. The van der Waals surface area contributed by atoms with Gasteiger partial charge >= 0.3 is 0 Å². The summed E-state index contributed by atoms with van der Waals surface area (Å²) in [6.07, 6.45) is 1.51. The molecule has 1 aliphatic heterocycles. The normalized spacial score (nSPS) is 12.8. The van der Waals surface area contributed by atoms with Crippen LogP contribution in [-0.4, -0.2) is 28.9 Å². The van der Waals surface area contributed by atoms with Crippen LogP contribution in [0.1, 0.15) is 6.42 Å². The third kappa shape index (κ3) is 3.23. The molecule has 7 heteroatoms. The first kappa shape index (κ1) is 16.1. The fourth-order valence-electron chi connectivity index (χ4n) is 2.89. The van der Waals surface area contributed by atoms with Gasteiger partial charge in [-0.15, -0.1) is 0 Å². The molecular formula is C19H17N3O4. The van der Waals surface area contributed by atoms with Crippen molar-refractivity contribution in [3.8, 4) is 11.5 Å². The van der Waals surface area contributed by atoms with Gasteiger partial charge in [-0.05, 0) is 24.3 Å². The molecule has 132 valence electrons. The summed E-state index contributed by atoms with van der Waals surface area (Å²) < 4.78 is 12.6. The molecule has 0 spiro atoms. The van der Waals surface area contributed by atoms with E-state index in [4.69, 9.17) is 9.47 Å². The van der Waals surface area contributed by atoms with Gasteiger partial charge in [-0.1, -0.05) is 12.1 Å². The molecule has 0 fully saturated rings. The van der Waals surface area contributed by atoms with Gasteiger partial charge in [0.05, 0.1) is 18.3 Å². The lowest BCUT2D eigenvalue weighted by Gasteiger charge is -2.19. The summed E-state index contributed by atoms with van der Waals surface area (Å²) in [6.45, 7) is 1.39. The minimum Gasteiger partial charge on any atom is -0.486 e. The highest BCUT2D eigenvalue weighted by Gasteiger charge is 2.13. The number of fused-ring (bicyclic) bond motifs is 2. The zero-order valence-electron chi connectivity index (χ0n) is 14.0. The fraction of sp³-hybridized carbons (Fsp3) is 0.211. The Morgan fingerprint density at radius 3 is 2.81 bits per heavy atom. The number of hydrogen-bond donors (Lipinski definition) is 1. The predicted molar refractivity (Wildman–Crippen MR) is 96.7 cm³/mol. The molecule has 0 aliphatic carbocycles. The number of para-hydroxylation sites is 1. The van der Waals surface area contributed by atoms with Crippen molar-refractivity contribution in [1.29, 1.82) is 0 Å². The summed E-state index contributed by atoms with van der Waals surface area (Å²) in [6, 6.07) is 12.5. The second-order valence-electron chi connectivity index (χ2n) is 5.91. The average molecular weight is 351 g/mol. The molecule has 1 aliphatic rings. The number of nitrogens with zero attached hydrogens (tertiary/aromatic N) is 2. The highest BCUT2D eigenvalue weighted by atomic mass is 16.6. The molecular weight excluding hydrogens is 334 g/mol. The van der Waals surface area contributed by atoms with E-state index in [1.54, 1.807) is 28.9 Å². The first-order valence-electron chi connectivity index (χ1n) is 8.35. The molecule has 0 saturated heterocycles. The van der Waals surface area contributed by atoms with Crippen molar-refractivity contribution in [1.82, 2.24) is 9.78 Å². The molecule has 1 aromatic heterocycles. The van der Waals surface area contributed by atoms with Crippen molar-refractivity contribution in [3.05, 3.63) is 58.9 Å². The zero-order chi connectivity index (χ0) is 17.9. The highest BCUT2D eigenvalue weighted by Crippen LogP contribution is 2.32. The molecule has 0 bridgehead atoms. The third-order valence-electron chi connectivity index (χ3n) is 4.14. The number of aromatic nitrogens is 2. The quantitative estimate of drug-likeness (QED) is 0.779. The topological polar surface area (TPSA) is 82.5 Å². The number of nitrogens with one attached hydrogen (secondary N) is 1. The van der Waals surface area contributed by atoms with E-state index in [0.717, 1.165) is 0 Å². The third-order valence-corrected chi connectivity index (χ3v) is 4.14. The number of rotatable bonds is 4. The molecule has 1 amide bonds. The van der Waals surface area contributed by atoms with E-state index in [1.807, 2.05) is 18.2 Å². The monoisotopic (exact) mass is 351 g/mol. The second kappa shape index (κ2) is 6.87. The Balaban J connectivity index is 1.45. The van der Waals surface area contributed by atoms with Crippen LogP contribution in [-0.2, 0) is 11.3 Å². The summed E-state index contributed by atoms with van der Waals surface area (Å²) in [5, 5.41) is 7.57. The van der Waals surface area contributed by atoms with Gasteiger partial charge < -0.3 is 14.8 Å². The van der Waals surface area contributed by atoms with Crippen LogP contribution in [0.15, 0.2) is 53.5 Å². The molecule has 0 radical (unpaired) electrons. The van der Waals surface area contributed by atoms with Crippen LogP contribution in [0.2, 0.25) is 0 Å². The Morgan fingerprint density at radius 2 is 1.92 bits per heavy atom. The van der Waals surface area contributed by atoms with Gasteiger partial charge in [-0.2, -0.15) is 5.10 Å². The fourth-order valence-corrected chi connectivity index (χ4v) is 2.89. The predicted octanol–water partition coefficient (Wildman–Crippen LogP) is 2.20. The van der Waals surface area contributed by atoms with E-state index in [-0.39, 0.29) is 17.8 Å². The van der Waals surface area contributed by atoms with Crippen LogP contribution < -0.4 is 20.2 Å². The molecule has 2 heterocycles. The summed E-state index contributed by atoms with van der Waals surface area (Å²) in [5.41, 5.74) is 1.24. The largest absolute Gasteiger partial charge is 0.486 e. The molecule has 3 aromatic rings. The van der Waals surface area contributed by atoms with Gasteiger partial charge in [0.25, 0.3) is 0 Å². The van der Waals surface area contributed by atoms with Crippen molar-refractivity contribution in [2.24, 2.45) is 0 Å². The van der Waals surface area contributed by atoms with Gasteiger partial charge in [0, 0.05) is 23.6 Å².